The van der Waals surface area contributed by atoms with Crippen molar-refractivity contribution < 1.29 is 4.39 Å². The maximum atomic E-state index is 13.3. The molecule has 0 unspecified atom stereocenters. The summed E-state index contributed by atoms with van der Waals surface area (Å²) < 4.78 is 13.3. The third-order valence-electron chi connectivity index (χ3n) is 3.25. The zero-order chi connectivity index (χ0) is 14.4. The Morgan fingerprint density at radius 1 is 1.05 bits per heavy atom. The fraction of sp³-hybridized carbons (Fsp3) is 0.235. The molecule has 0 aromatic heterocycles. The van der Waals surface area contributed by atoms with E-state index in [0.29, 0.717) is 6.54 Å². The smallest absolute Gasteiger partial charge is 0.140 e. The van der Waals surface area contributed by atoms with Crippen molar-refractivity contribution in [2.24, 2.45) is 0 Å². The molecule has 3 heteroatoms. The van der Waals surface area contributed by atoms with Crippen LogP contribution in [-0.4, -0.2) is 11.4 Å². The highest BCUT2D eigenvalue weighted by Crippen LogP contribution is 2.13. The third-order valence-corrected chi connectivity index (χ3v) is 3.25. The standard InChI is InChI=1S/C17H17FN2/c1-2-20(12-14-6-4-3-5-7-14)13-15-8-9-17(18)16(10-15)11-19/h3-10H,2,12-13H2,1H3. The van der Waals surface area contributed by atoms with Gasteiger partial charge in [-0.2, -0.15) is 5.26 Å². The minimum absolute atomic E-state index is 0.110. The van der Waals surface area contributed by atoms with Crippen LogP contribution in [0.15, 0.2) is 48.5 Å². The molecule has 2 rings (SSSR count). The first-order valence-corrected chi connectivity index (χ1v) is 6.67. The molecule has 2 nitrogen and oxygen atoms in total. The van der Waals surface area contributed by atoms with Gasteiger partial charge in [-0.15, -0.1) is 0 Å². The fourth-order valence-electron chi connectivity index (χ4n) is 2.14. The molecule has 0 spiro atoms. The van der Waals surface area contributed by atoms with Crippen molar-refractivity contribution in [1.82, 2.24) is 4.90 Å². The number of halogens is 1. The summed E-state index contributed by atoms with van der Waals surface area (Å²) in [6.45, 7) is 4.54. The Bertz CT molecular complexity index is 602. The Morgan fingerprint density at radius 3 is 2.40 bits per heavy atom. The lowest BCUT2D eigenvalue weighted by molar-refractivity contribution is 0.271. The number of benzene rings is 2. The summed E-state index contributed by atoms with van der Waals surface area (Å²) in [6.07, 6.45) is 0. The van der Waals surface area contributed by atoms with Gasteiger partial charge in [0, 0.05) is 13.1 Å². The molecule has 0 atom stereocenters. The topological polar surface area (TPSA) is 27.0 Å². The second-order valence-corrected chi connectivity index (χ2v) is 4.71. The second kappa shape index (κ2) is 6.83. The Kier molecular flexibility index (Phi) is 4.86. The lowest BCUT2D eigenvalue weighted by atomic mass is 10.1. The molecule has 0 bridgehead atoms. The highest BCUT2D eigenvalue weighted by atomic mass is 19.1. The van der Waals surface area contributed by atoms with Crippen LogP contribution >= 0.6 is 0 Å². The number of nitriles is 1. The first-order valence-electron chi connectivity index (χ1n) is 6.67. The highest BCUT2D eigenvalue weighted by molar-refractivity contribution is 5.34. The third kappa shape index (κ3) is 3.66. The van der Waals surface area contributed by atoms with E-state index in [4.69, 9.17) is 5.26 Å². The molecule has 2 aromatic rings. The molecule has 2 aromatic carbocycles. The van der Waals surface area contributed by atoms with E-state index in [-0.39, 0.29) is 5.56 Å². The van der Waals surface area contributed by atoms with Gasteiger partial charge in [-0.3, -0.25) is 4.90 Å². The van der Waals surface area contributed by atoms with Gasteiger partial charge in [0.05, 0.1) is 5.56 Å². The molecule has 0 aliphatic carbocycles. The van der Waals surface area contributed by atoms with Crippen LogP contribution in [0, 0.1) is 17.1 Å². The highest BCUT2D eigenvalue weighted by Gasteiger charge is 2.07. The van der Waals surface area contributed by atoms with Gasteiger partial charge in [-0.25, -0.2) is 4.39 Å². The lowest BCUT2D eigenvalue weighted by Crippen LogP contribution is -2.22. The summed E-state index contributed by atoms with van der Waals surface area (Å²) in [7, 11) is 0. The summed E-state index contributed by atoms with van der Waals surface area (Å²) in [5.74, 6) is -0.456. The van der Waals surface area contributed by atoms with Crippen LogP contribution in [0.5, 0.6) is 0 Å². The minimum atomic E-state index is -0.456. The molecule has 0 radical (unpaired) electrons. The van der Waals surface area contributed by atoms with Gasteiger partial charge >= 0.3 is 0 Å². The predicted molar refractivity (Wildman–Crippen MR) is 77.3 cm³/mol. The van der Waals surface area contributed by atoms with Gasteiger partial charge in [0.2, 0.25) is 0 Å². The average molecular weight is 268 g/mol. The molecule has 0 aliphatic heterocycles. The molecule has 0 amide bonds. The maximum Gasteiger partial charge on any atom is 0.140 e. The number of nitrogens with zero attached hydrogens (tertiary/aromatic N) is 2. The minimum Gasteiger partial charge on any atom is -0.295 e. The molecular weight excluding hydrogens is 251 g/mol. The zero-order valence-electron chi connectivity index (χ0n) is 11.5. The normalized spacial score (nSPS) is 10.5. The van der Waals surface area contributed by atoms with E-state index in [1.807, 2.05) is 24.3 Å². The molecule has 0 saturated carbocycles. The van der Waals surface area contributed by atoms with Crippen LogP contribution in [0.1, 0.15) is 23.6 Å². The lowest BCUT2D eigenvalue weighted by Gasteiger charge is -2.20. The first kappa shape index (κ1) is 14.2. The molecule has 0 aliphatic rings. The van der Waals surface area contributed by atoms with Gasteiger partial charge in [0.1, 0.15) is 11.9 Å². The van der Waals surface area contributed by atoms with Crippen LogP contribution in [0.25, 0.3) is 0 Å². The Balaban J connectivity index is 2.09. The summed E-state index contributed by atoms with van der Waals surface area (Å²) >= 11 is 0. The summed E-state index contributed by atoms with van der Waals surface area (Å²) in [6, 6.07) is 16.8. The van der Waals surface area contributed by atoms with Crippen LogP contribution in [0.2, 0.25) is 0 Å². The molecule has 0 fully saturated rings. The van der Waals surface area contributed by atoms with Crippen molar-refractivity contribution in [3.8, 4) is 6.07 Å². The van der Waals surface area contributed by atoms with Crippen molar-refractivity contribution in [2.45, 2.75) is 20.0 Å². The monoisotopic (exact) mass is 268 g/mol. The van der Waals surface area contributed by atoms with Crippen LogP contribution in [0.3, 0.4) is 0 Å². The SMILES string of the molecule is CCN(Cc1ccccc1)Cc1ccc(F)c(C#N)c1. The van der Waals surface area contributed by atoms with Gasteiger partial charge in [-0.1, -0.05) is 43.3 Å². The Labute approximate surface area is 119 Å². The van der Waals surface area contributed by atoms with E-state index in [1.165, 1.54) is 11.6 Å². The predicted octanol–water partition coefficient (Wildman–Crippen LogP) is 3.72. The molecule has 0 heterocycles. The Morgan fingerprint density at radius 2 is 1.75 bits per heavy atom. The number of hydrogen-bond donors (Lipinski definition) is 0. The van der Waals surface area contributed by atoms with E-state index in [1.54, 1.807) is 12.1 Å². The number of rotatable bonds is 5. The largest absolute Gasteiger partial charge is 0.295 e. The van der Waals surface area contributed by atoms with E-state index < -0.39 is 5.82 Å². The molecule has 0 saturated heterocycles. The second-order valence-electron chi connectivity index (χ2n) is 4.71. The molecule has 20 heavy (non-hydrogen) atoms. The van der Waals surface area contributed by atoms with Crippen LogP contribution in [0.4, 0.5) is 4.39 Å². The van der Waals surface area contributed by atoms with E-state index in [0.717, 1.165) is 18.7 Å². The zero-order valence-corrected chi connectivity index (χ0v) is 11.5. The van der Waals surface area contributed by atoms with Crippen molar-refractivity contribution in [3.63, 3.8) is 0 Å². The Hall–Kier alpha value is -2.18. The number of hydrogen-bond acceptors (Lipinski definition) is 2. The van der Waals surface area contributed by atoms with Gasteiger partial charge in [-0.05, 0) is 29.8 Å². The van der Waals surface area contributed by atoms with Crippen molar-refractivity contribution in [3.05, 3.63) is 71.0 Å². The average Bonchev–Trinajstić information content (AvgIpc) is 2.49. The molecular formula is C17H17FN2. The summed E-state index contributed by atoms with van der Waals surface area (Å²) in [4.78, 5) is 2.25. The maximum absolute atomic E-state index is 13.3. The quantitative estimate of drug-likeness (QED) is 0.826. The fourth-order valence-corrected chi connectivity index (χ4v) is 2.14. The van der Waals surface area contributed by atoms with Crippen LogP contribution in [-0.2, 0) is 13.1 Å². The summed E-state index contributed by atoms with van der Waals surface area (Å²) in [5, 5.41) is 8.87. The van der Waals surface area contributed by atoms with Gasteiger partial charge in [0.25, 0.3) is 0 Å². The van der Waals surface area contributed by atoms with Crippen molar-refractivity contribution >= 4 is 0 Å². The van der Waals surface area contributed by atoms with E-state index in [2.05, 4.69) is 24.0 Å². The first-order chi connectivity index (χ1) is 9.72. The van der Waals surface area contributed by atoms with E-state index >= 15 is 0 Å². The van der Waals surface area contributed by atoms with Crippen molar-refractivity contribution in [1.29, 1.82) is 5.26 Å². The molecule has 102 valence electrons. The van der Waals surface area contributed by atoms with Crippen molar-refractivity contribution in [2.75, 3.05) is 6.54 Å². The molecule has 0 N–H and O–H groups in total. The summed E-state index contributed by atoms with van der Waals surface area (Å²) in [5.41, 5.74) is 2.32. The van der Waals surface area contributed by atoms with Crippen LogP contribution < -0.4 is 0 Å². The van der Waals surface area contributed by atoms with Gasteiger partial charge < -0.3 is 0 Å². The van der Waals surface area contributed by atoms with E-state index in [9.17, 15) is 4.39 Å². The van der Waals surface area contributed by atoms with Gasteiger partial charge in [0.15, 0.2) is 0 Å².